The third-order valence-electron chi connectivity index (χ3n) is 7.21. The highest BCUT2D eigenvalue weighted by molar-refractivity contribution is 5.94. The van der Waals surface area contributed by atoms with Crippen molar-refractivity contribution in [1.29, 1.82) is 5.26 Å². The Kier molecular flexibility index (Phi) is 5.72. The first-order valence-electron chi connectivity index (χ1n) is 12.6. The largest absolute Gasteiger partial charge is 0.382 e. The van der Waals surface area contributed by atoms with Crippen LogP contribution in [0.1, 0.15) is 37.2 Å². The first-order valence-corrected chi connectivity index (χ1v) is 12.6. The van der Waals surface area contributed by atoms with Crippen LogP contribution in [0.25, 0.3) is 27.7 Å². The second-order valence-corrected chi connectivity index (χ2v) is 9.68. The van der Waals surface area contributed by atoms with Crippen molar-refractivity contribution in [3.05, 3.63) is 82.7 Å². The molecule has 2 aromatic carbocycles. The van der Waals surface area contributed by atoms with Gasteiger partial charge in [-0.05, 0) is 43.5 Å². The number of hydrogen-bond acceptors (Lipinski definition) is 9. The van der Waals surface area contributed by atoms with Gasteiger partial charge in [0.1, 0.15) is 23.3 Å². The van der Waals surface area contributed by atoms with E-state index in [2.05, 4.69) is 21.1 Å². The van der Waals surface area contributed by atoms with Crippen molar-refractivity contribution in [3.63, 3.8) is 0 Å². The Morgan fingerprint density at radius 1 is 1.03 bits per heavy atom. The summed E-state index contributed by atoms with van der Waals surface area (Å²) in [7, 11) is 1.84. The van der Waals surface area contributed by atoms with Gasteiger partial charge in [-0.25, -0.2) is 4.98 Å². The maximum absolute atomic E-state index is 14.4. The van der Waals surface area contributed by atoms with Crippen LogP contribution in [-0.2, 0) is 7.05 Å². The average molecular weight is 519 g/mol. The number of nitrogens with zero attached hydrogens (tertiary/aromatic N) is 8. The maximum atomic E-state index is 14.4. The first-order chi connectivity index (χ1) is 18.9. The summed E-state index contributed by atoms with van der Waals surface area (Å²) in [5, 5.41) is 14.7. The third kappa shape index (κ3) is 3.93. The average Bonchev–Trinajstić information content (AvgIpc) is 3.53. The highest BCUT2D eigenvalue weighted by Gasteiger charge is 2.38. The SMILES string of the molecule is C[C@H]1CC[C@@H](c2nc3cccc(-c4cnn(C)c4)c3c(=O)n2-c2ccccc2)N1c1nc(N)nc(N)c1C#N. The Hall–Kier alpha value is -5.24. The number of fused-ring (bicyclic) bond motifs is 1. The van der Waals surface area contributed by atoms with Gasteiger partial charge in [0.15, 0.2) is 5.82 Å². The number of rotatable bonds is 4. The number of anilines is 3. The van der Waals surface area contributed by atoms with Crippen molar-refractivity contribution in [2.24, 2.45) is 7.05 Å². The molecule has 4 N–H and O–H groups in total. The highest BCUT2D eigenvalue weighted by atomic mass is 16.1. The summed E-state index contributed by atoms with van der Waals surface area (Å²) in [6.45, 7) is 2.04. The number of aryl methyl sites for hydroxylation is 1. The van der Waals surface area contributed by atoms with E-state index in [1.165, 1.54) is 0 Å². The fourth-order valence-corrected chi connectivity index (χ4v) is 5.47. The lowest BCUT2D eigenvalue weighted by atomic mass is 10.0. The van der Waals surface area contributed by atoms with E-state index < -0.39 is 0 Å². The van der Waals surface area contributed by atoms with Gasteiger partial charge in [0.25, 0.3) is 5.56 Å². The van der Waals surface area contributed by atoms with Crippen molar-refractivity contribution in [3.8, 4) is 22.9 Å². The molecule has 194 valence electrons. The van der Waals surface area contributed by atoms with Crippen LogP contribution < -0.4 is 21.9 Å². The molecule has 2 atom stereocenters. The van der Waals surface area contributed by atoms with Crippen molar-refractivity contribution < 1.29 is 0 Å². The lowest BCUT2D eigenvalue weighted by Crippen LogP contribution is -2.36. The van der Waals surface area contributed by atoms with Gasteiger partial charge in [-0.1, -0.05) is 30.3 Å². The number of nitrogen functional groups attached to an aromatic ring is 2. The zero-order valence-electron chi connectivity index (χ0n) is 21.5. The van der Waals surface area contributed by atoms with Crippen LogP contribution in [0.2, 0.25) is 0 Å². The van der Waals surface area contributed by atoms with Crippen LogP contribution in [0, 0.1) is 11.3 Å². The van der Waals surface area contributed by atoms with Gasteiger partial charge < -0.3 is 16.4 Å². The van der Waals surface area contributed by atoms with Crippen molar-refractivity contribution in [2.45, 2.75) is 31.8 Å². The number of para-hydroxylation sites is 1. The molecule has 0 bridgehead atoms. The molecule has 1 aliphatic rings. The molecule has 0 radical (unpaired) electrons. The predicted octanol–water partition coefficient (Wildman–Crippen LogP) is 3.34. The monoisotopic (exact) mass is 518 g/mol. The van der Waals surface area contributed by atoms with Crippen LogP contribution in [0.15, 0.2) is 65.7 Å². The van der Waals surface area contributed by atoms with Crippen molar-refractivity contribution >= 4 is 28.5 Å². The van der Waals surface area contributed by atoms with E-state index in [1.807, 2.05) is 73.6 Å². The molecule has 0 aliphatic carbocycles. The summed E-state index contributed by atoms with van der Waals surface area (Å²) < 4.78 is 3.37. The summed E-state index contributed by atoms with van der Waals surface area (Å²) in [6, 6.07) is 16.8. The molecule has 0 spiro atoms. The van der Waals surface area contributed by atoms with Gasteiger partial charge in [-0.3, -0.25) is 14.0 Å². The topological polar surface area (TPSA) is 158 Å². The van der Waals surface area contributed by atoms with E-state index in [1.54, 1.807) is 15.4 Å². The van der Waals surface area contributed by atoms with Gasteiger partial charge >= 0.3 is 0 Å². The second kappa shape index (κ2) is 9.25. The minimum Gasteiger partial charge on any atom is -0.382 e. The summed E-state index contributed by atoms with van der Waals surface area (Å²) in [5.41, 5.74) is 14.8. The van der Waals surface area contributed by atoms with Gasteiger partial charge in [0, 0.05) is 24.8 Å². The minimum absolute atomic E-state index is 0.0191. The molecular formula is C28H26N10O. The Balaban J connectivity index is 1.65. The van der Waals surface area contributed by atoms with Gasteiger partial charge in [-0.15, -0.1) is 0 Å². The van der Waals surface area contributed by atoms with E-state index in [0.29, 0.717) is 34.7 Å². The van der Waals surface area contributed by atoms with Crippen LogP contribution in [-0.4, -0.2) is 35.3 Å². The van der Waals surface area contributed by atoms with Crippen LogP contribution >= 0.6 is 0 Å². The Morgan fingerprint density at radius 3 is 2.54 bits per heavy atom. The highest BCUT2D eigenvalue weighted by Crippen LogP contribution is 2.41. The lowest BCUT2D eigenvalue weighted by molar-refractivity contribution is 0.615. The standard InChI is InChI=1S/C28H26N10O/c1-16-11-12-22(37(16)25-20(13-29)24(30)34-28(31)35-25)26-33-21-10-6-9-19(17-14-32-36(2)15-17)23(21)27(39)38(26)18-7-4-3-5-8-18/h3-10,14-16,22H,11-12H2,1-2H3,(H4,30,31,34,35)/t16-,22-/m0/s1. The van der Waals surface area contributed by atoms with Crippen LogP contribution in [0.5, 0.6) is 0 Å². The molecular weight excluding hydrogens is 492 g/mol. The summed E-state index contributed by atoms with van der Waals surface area (Å²) in [6.07, 6.45) is 5.09. The molecule has 1 saturated heterocycles. The number of nitrogens with two attached hydrogens (primary N) is 2. The molecule has 0 saturated carbocycles. The molecule has 0 unspecified atom stereocenters. The number of aromatic nitrogens is 6. The van der Waals surface area contributed by atoms with Crippen LogP contribution in [0.3, 0.4) is 0 Å². The molecule has 39 heavy (non-hydrogen) atoms. The van der Waals surface area contributed by atoms with E-state index in [9.17, 15) is 10.1 Å². The molecule has 11 heteroatoms. The third-order valence-corrected chi connectivity index (χ3v) is 7.21. The Bertz CT molecular complexity index is 1820. The molecule has 5 aromatic rings. The molecule has 3 aromatic heterocycles. The quantitative estimate of drug-likeness (QED) is 0.364. The van der Waals surface area contributed by atoms with Crippen LogP contribution in [0.4, 0.5) is 17.6 Å². The van der Waals surface area contributed by atoms with Gasteiger partial charge in [-0.2, -0.15) is 20.3 Å². The summed E-state index contributed by atoms with van der Waals surface area (Å²) in [5.74, 6) is 0.889. The summed E-state index contributed by atoms with van der Waals surface area (Å²) >= 11 is 0. The first kappa shape index (κ1) is 24.1. The van der Waals surface area contributed by atoms with Gasteiger partial charge in [0.2, 0.25) is 5.95 Å². The van der Waals surface area contributed by atoms with Crippen molar-refractivity contribution in [2.75, 3.05) is 16.4 Å². The molecule has 11 nitrogen and oxygen atoms in total. The normalized spacial score (nSPS) is 17.0. The second-order valence-electron chi connectivity index (χ2n) is 9.68. The molecule has 4 heterocycles. The number of hydrogen-bond donors (Lipinski definition) is 2. The smallest absolute Gasteiger partial charge is 0.266 e. The minimum atomic E-state index is -0.375. The number of nitriles is 1. The van der Waals surface area contributed by atoms with E-state index in [4.69, 9.17) is 16.5 Å². The fraction of sp³-hybridized carbons (Fsp3) is 0.214. The Morgan fingerprint density at radius 2 is 1.82 bits per heavy atom. The molecule has 0 amide bonds. The maximum Gasteiger partial charge on any atom is 0.266 e. The molecule has 1 fully saturated rings. The van der Waals surface area contributed by atoms with Crippen molar-refractivity contribution in [1.82, 2.24) is 29.3 Å². The van der Waals surface area contributed by atoms with E-state index in [-0.39, 0.29) is 35.0 Å². The predicted molar refractivity (Wildman–Crippen MR) is 149 cm³/mol. The van der Waals surface area contributed by atoms with E-state index >= 15 is 0 Å². The van der Waals surface area contributed by atoms with Gasteiger partial charge in [0.05, 0.1) is 28.8 Å². The lowest BCUT2D eigenvalue weighted by Gasteiger charge is -2.31. The van der Waals surface area contributed by atoms with E-state index in [0.717, 1.165) is 17.5 Å². The zero-order chi connectivity index (χ0) is 27.3. The molecule has 6 rings (SSSR count). The summed E-state index contributed by atoms with van der Waals surface area (Å²) in [4.78, 5) is 29.9. The zero-order valence-corrected chi connectivity index (χ0v) is 21.5. The Labute approximate surface area is 224 Å². The fourth-order valence-electron chi connectivity index (χ4n) is 5.47. The molecule has 1 aliphatic heterocycles. The number of benzene rings is 2.